The Morgan fingerprint density at radius 3 is 2.65 bits per heavy atom. The van der Waals surface area contributed by atoms with Crippen molar-refractivity contribution in [3.8, 4) is 5.75 Å². The average Bonchev–Trinajstić information content (AvgIpc) is 2.99. The molecule has 11 heteroatoms. The summed E-state index contributed by atoms with van der Waals surface area (Å²) in [5.41, 5.74) is 2.50. The van der Waals surface area contributed by atoms with Gasteiger partial charge in [0, 0.05) is 18.0 Å². The Balaban J connectivity index is 0.000000298. The highest BCUT2D eigenvalue weighted by Gasteiger charge is 2.38. The highest BCUT2D eigenvalue weighted by molar-refractivity contribution is 6.32. The molecule has 0 aliphatic heterocycles. The number of rotatable bonds is 3. The molecule has 2 heterocycles. The molecule has 3 rings (SSSR count). The molecule has 0 aliphatic carbocycles. The Kier molecular flexibility index (Phi) is 5.88. The first kappa shape index (κ1) is 19.3. The van der Waals surface area contributed by atoms with E-state index >= 15 is 0 Å². The summed E-state index contributed by atoms with van der Waals surface area (Å²) >= 11 is 5.99. The molecule has 0 spiro atoms. The molecule has 0 saturated carbocycles. The molecule has 7 nitrogen and oxygen atoms in total. The number of nitrogens with zero attached hydrogens (tertiary/aromatic N) is 2. The zero-order chi connectivity index (χ0) is 19.3. The second-order valence-electron chi connectivity index (χ2n) is 4.75. The molecule has 3 N–H and O–H groups in total. The molecule has 1 aromatic carbocycles. The van der Waals surface area contributed by atoms with Crippen molar-refractivity contribution in [2.45, 2.75) is 6.18 Å². The topological polar surface area (TPSA) is 100 Å². The molecule has 26 heavy (non-hydrogen) atoms. The molecule has 138 valence electrons. The van der Waals surface area contributed by atoms with E-state index in [-0.39, 0.29) is 0 Å². The number of carbonyl (C=O) groups is 1. The number of hydrogen-bond donors (Lipinski definition) is 3. The van der Waals surface area contributed by atoms with Gasteiger partial charge in [0.2, 0.25) is 0 Å². The van der Waals surface area contributed by atoms with Crippen LogP contribution in [-0.2, 0) is 4.79 Å². The van der Waals surface area contributed by atoms with E-state index < -0.39 is 12.1 Å². The van der Waals surface area contributed by atoms with Crippen LogP contribution in [0.2, 0.25) is 5.02 Å². The Bertz CT molecular complexity index is 915. The summed E-state index contributed by atoms with van der Waals surface area (Å²) in [5, 5.41) is 18.0. The Hall–Kier alpha value is -3.01. The van der Waals surface area contributed by atoms with E-state index in [9.17, 15) is 13.2 Å². The lowest BCUT2D eigenvalue weighted by Crippen LogP contribution is -2.21. The van der Waals surface area contributed by atoms with Crippen molar-refractivity contribution in [2.75, 3.05) is 12.4 Å². The number of pyridine rings is 1. The average molecular weight is 389 g/mol. The molecule has 0 bridgehead atoms. The number of hydrogen-bond acceptors (Lipinski definition) is 5. The fourth-order valence-electron chi connectivity index (χ4n) is 1.81. The zero-order valence-corrected chi connectivity index (χ0v) is 13.9. The third kappa shape index (κ3) is 4.76. The van der Waals surface area contributed by atoms with Crippen LogP contribution in [0.4, 0.5) is 24.7 Å². The van der Waals surface area contributed by atoms with Crippen LogP contribution in [0.5, 0.6) is 5.75 Å². The predicted molar refractivity (Wildman–Crippen MR) is 88.9 cm³/mol. The van der Waals surface area contributed by atoms with Gasteiger partial charge in [-0.1, -0.05) is 11.6 Å². The third-order valence-corrected chi connectivity index (χ3v) is 3.29. The van der Waals surface area contributed by atoms with Crippen molar-refractivity contribution in [2.24, 2.45) is 0 Å². The van der Waals surface area contributed by atoms with Gasteiger partial charge in [-0.3, -0.25) is 10.1 Å². The smallest absolute Gasteiger partial charge is 0.490 e. The van der Waals surface area contributed by atoms with Gasteiger partial charge in [0.1, 0.15) is 11.3 Å². The van der Waals surface area contributed by atoms with Gasteiger partial charge in [0.05, 0.1) is 17.6 Å². The summed E-state index contributed by atoms with van der Waals surface area (Å²) in [5.74, 6) is -1.48. The summed E-state index contributed by atoms with van der Waals surface area (Å²) in [6, 6.07) is 9.21. The first-order valence-corrected chi connectivity index (χ1v) is 7.30. The van der Waals surface area contributed by atoms with E-state index in [1.807, 2.05) is 24.3 Å². The first-order valence-electron chi connectivity index (χ1n) is 6.92. The number of ether oxygens (including phenoxy) is 1. The number of H-pyrrole nitrogens is 1. The van der Waals surface area contributed by atoms with Gasteiger partial charge in [0.25, 0.3) is 0 Å². The number of halogens is 4. The summed E-state index contributed by atoms with van der Waals surface area (Å²) < 4.78 is 36.9. The molecule has 0 saturated heterocycles. The Morgan fingerprint density at radius 1 is 1.35 bits per heavy atom. The number of benzene rings is 1. The standard InChI is InChI=1S/C13H11ClN4O.C2HF3O2/c1-19-11-7-8(4-5-9(11)14)16-13-12-10(17-18-13)3-2-6-15-12;3-2(4,5)1(6)7/h2-7H,1H3,(H2,16,17,18);(H,6,7). The van der Waals surface area contributed by atoms with Crippen LogP contribution in [0.15, 0.2) is 36.5 Å². The van der Waals surface area contributed by atoms with E-state index in [0.717, 1.165) is 16.7 Å². The van der Waals surface area contributed by atoms with Gasteiger partial charge >= 0.3 is 12.1 Å². The molecular weight excluding hydrogens is 377 g/mol. The minimum Gasteiger partial charge on any atom is -0.495 e. The molecule has 3 aromatic rings. The molecule has 0 unspecified atom stereocenters. The SMILES string of the molecule is COc1cc(Nc2n[nH]c3cccnc23)ccc1Cl.O=C(O)C(F)(F)F. The molecule has 0 fully saturated rings. The number of methoxy groups -OCH3 is 1. The highest BCUT2D eigenvalue weighted by atomic mass is 35.5. The van der Waals surface area contributed by atoms with E-state index in [0.29, 0.717) is 16.6 Å². The number of alkyl halides is 3. The van der Waals surface area contributed by atoms with E-state index in [2.05, 4.69) is 20.5 Å². The number of carboxylic acids is 1. The summed E-state index contributed by atoms with van der Waals surface area (Å²) in [4.78, 5) is 13.2. The third-order valence-electron chi connectivity index (χ3n) is 2.98. The monoisotopic (exact) mass is 388 g/mol. The van der Waals surface area contributed by atoms with Gasteiger partial charge in [-0.15, -0.1) is 0 Å². The van der Waals surface area contributed by atoms with Gasteiger partial charge in [-0.2, -0.15) is 18.3 Å². The lowest BCUT2D eigenvalue weighted by Gasteiger charge is -2.07. The van der Waals surface area contributed by atoms with Crippen LogP contribution in [0.25, 0.3) is 11.0 Å². The van der Waals surface area contributed by atoms with Crippen LogP contribution < -0.4 is 10.1 Å². The zero-order valence-electron chi connectivity index (χ0n) is 13.1. The molecular formula is C15H12ClF3N4O3. The number of fused-ring (bicyclic) bond motifs is 1. The second-order valence-corrected chi connectivity index (χ2v) is 5.16. The maximum Gasteiger partial charge on any atom is 0.490 e. The van der Waals surface area contributed by atoms with Gasteiger partial charge in [-0.05, 0) is 24.3 Å². The Morgan fingerprint density at radius 2 is 2.04 bits per heavy atom. The number of aromatic amines is 1. The number of aromatic nitrogens is 3. The van der Waals surface area contributed by atoms with Gasteiger partial charge in [0.15, 0.2) is 5.82 Å². The largest absolute Gasteiger partial charge is 0.495 e. The molecule has 0 amide bonds. The molecule has 0 aliphatic rings. The lowest BCUT2D eigenvalue weighted by molar-refractivity contribution is -0.192. The van der Waals surface area contributed by atoms with Crippen molar-refractivity contribution >= 4 is 40.1 Å². The van der Waals surface area contributed by atoms with Crippen molar-refractivity contribution < 1.29 is 27.8 Å². The summed E-state index contributed by atoms with van der Waals surface area (Å²) in [6.07, 6.45) is -3.36. The van der Waals surface area contributed by atoms with Crippen molar-refractivity contribution in [1.82, 2.24) is 15.2 Å². The Labute approximate surface area is 149 Å². The van der Waals surface area contributed by atoms with Crippen molar-refractivity contribution in [3.05, 3.63) is 41.6 Å². The van der Waals surface area contributed by atoms with E-state index in [1.165, 1.54) is 0 Å². The number of aliphatic carboxylic acids is 1. The van der Waals surface area contributed by atoms with Crippen molar-refractivity contribution in [3.63, 3.8) is 0 Å². The lowest BCUT2D eigenvalue weighted by atomic mass is 10.3. The van der Waals surface area contributed by atoms with Crippen LogP contribution >= 0.6 is 11.6 Å². The predicted octanol–water partition coefficient (Wildman–Crippen LogP) is 4.00. The minimum absolute atomic E-state index is 0.568. The normalized spacial score (nSPS) is 10.8. The maximum absolute atomic E-state index is 10.6. The number of carboxylic acid groups (broad SMARTS) is 1. The summed E-state index contributed by atoms with van der Waals surface area (Å²) in [7, 11) is 1.58. The number of nitrogens with one attached hydrogen (secondary N) is 2. The van der Waals surface area contributed by atoms with Crippen LogP contribution in [0.3, 0.4) is 0 Å². The fourth-order valence-corrected chi connectivity index (χ4v) is 2.01. The summed E-state index contributed by atoms with van der Waals surface area (Å²) in [6.45, 7) is 0. The fraction of sp³-hybridized carbons (Fsp3) is 0.133. The van der Waals surface area contributed by atoms with Crippen LogP contribution in [0, 0.1) is 0 Å². The van der Waals surface area contributed by atoms with Crippen LogP contribution in [-0.4, -0.2) is 39.5 Å². The highest BCUT2D eigenvalue weighted by Crippen LogP contribution is 2.29. The number of anilines is 2. The molecule has 0 atom stereocenters. The van der Waals surface area contributed by atoms with Crippen LogP contribution in [0.1, 0.15) is 0 Å². The first-order chi connectivity index (χ1) is 12.2. The second kappa shape index (κ2) is 7.91. The molecule has 2 aromatic heterocycles. The minimum atomic E-state index is -5.08. The van der Waals surface area contributed by atoms with E-state index in [4.69, 9.17) is 26.2 Å². The quantitative estimate of drug-likeness (QED) is 0.627. The maximum atomic E-state index is 10.6. The van der Waals surface area contributed by atoms with E-state index in [1.54, 1.807) is 19.4 Å². The molecule has 0 radical (unpaired) electrons. The van der Waals surface area contributed by atoms with Gasteiger partial charge < -0.3 is 15.2 Å². The van der Waals surface area contributed by atoms with Gasteiger partial charge in [-0.25, -0.2) is 4.79 Å². The van der Waals surface area contributed by atoms with Crippen molar-refractivity contribution in [1.29, 1.82) is 0 Å².